The van der Waals surface area contributed by atoms with Crippen molar-refractivity contribution in [1.29, 1.82) is 0 Å². The van der Waals surface area contributed by atoms with E-state index in [0.717, 1.165) is 14.4 Å². The summed E-state index contributed by atoms with van der Waals surface area (Å²) in [5.41, 5.74) is 0.757. The van der Waals surface area contributed by atoms with Gasteiger partial charge in [0.1, 0.15) is 11.3 Å². The van der Waals surface area contributed by atoms with Crippen molar-refractivity contribution in [3.05, 3.63) is 29.3 Å². The number of aromatic carboxylic acids is 1. The number of ether oxygens (including phenoxy) is 1. The number of nitrogens with zero attached hydrogens (tertiary/aromatic N) is 2. The van der Waals surface area contributed by atoms with Gasteiger partial charge in [-0.15, -0.1) is 10.2 Å². The predicted molar refractivity (Wildman–Crippen MR) is 98.8 cm³/mol. The molecular formula is C15H17N3O4S3. The molecule has 1 heterocycles. The Labute approximate surface area is 157 Å². The van der Waals surface area contributed by atoms with Gasteiger partial charge in [-0.1, -0.05) is 47.9 Å². The summed E-state index contributed by atoms with van der Waals surface area (Å²) in [5.74, 6) is 0.221. The van der Waals surface area contributed by atoms with Crippen molar-refractivity contribution in [2.24, 2.45) is 0 Å². The van der Waals surface area contributed by atoms with Crippen molar-refractivity contribution < 1.29 is 19.4 Å². The second-order valence-corrected chi connectivity index (χ2v) is 8.38. The Morgan fingerprint density at radius 1 is 1.28 bits per heavy atom. The highest BCUT2D eigenvalue weighted by Gasteiger charge is 2.12. The van der Waals surface area contributed by atoms with Crippen molar-refractivity contribution >= 4 is 46.7 Å². The maximum atomic E-state index is 11.9. The topological polar surface area (TPSA) is 101 Å². The zero-order chi connectivity index (χ0) is 18.2. The molecule has 25 heavy (non-hydrogen) atoms. The van der Waals surface area contributed by atoms with E-state index in [1.54, 1.807) is 23.9 Å². The summed E-state index contributed by atoms with van der Waals surface area (Å²) in [4.78, 5) is 23.1. The van der Waals surface area contributed by atoms with Crippen molar-refractivity contribution in [2.75, 3.05) is 18.6 Å². The number of aromatic nitrogens is 2. The van der Waals surface area contributed by atoms with Crippen LogP contribution in [0.5, 0.6) is 5.75 Å². The van der Waals surface area contributed by atoms with E-state index in [2.05, 4.69) is 15.5 Å². The first-order valence-corrected chi connectivity index (χ1v) is 10.1. The van der Waals surface area contributed by atoms with Gasteiger partial charge >= 0.3 is 5.97 Å². The molecule has 134 valence electrons. The molecule has 0 spiro atoms. The van der Waals surface area contributed by atoms with E-state index < -0.39 is 5.97 Å². The second-order valence-electron chi connectivity index (χ2n) is 4.67. The van der Waals surface area contributed by atoms with Crippen LogP contribution in [0.25, 0.3) is 0 Å². The number of rotatable bonds is 9. The summed E-state index contributed by atoms with van der Waals surface area (Å²) < 4.78 is 6.66. The lowest BCUT2D eigenvalue weighted by Crippen LogP contribution is -2.24. The first-order valence-electron chi connectivity index (χ1n) is 7.29. The molecule has 0 unspecified atom stereocenters. The number of hydrogen-bond donors (Lipinski definition) is 2. The van der Waals surface area contributed by atoms with Gasteiger partial charge in [0, 0.05) is 6.54 Å². The summed E-state index contributed by atoms with van der Waals surface area (Å²) in [5, 5.41) is 20.0. The summed E-state index contributed by atoms with van der Waals surface area (Å²) in [6.45, 7) is 2.29. The highest BCUT2D eigenvalue weighted by atomic mass is 32.2. The van der Waals surface area contributed by atoms with Crippen molar-refractivity contribution in [3.8, 4) is 5.75 Å². The normalized spacial score (nSPS) is 10.5. The smallest absolute Gasteiger partial charge is 0.339 e. The number of carboxylic acids is 1. The van der Waals surface area contributed by atoms with E-state index in [4.69, 9.17) is 9.84 Å². The van der Waals surface area contributed by atoms with Crippen LogP contribution in [0.3, 0.4) is 0 Å². The number of nitrogens with one attached hydrogen (secondary N) is 1. The molecule has 2 aromatic rings. The molecule has 1 aromatic carbocycles. The van der Waals surface area contributed by atoms with E-state index in [9.17, 15) is 9.59 Å². The average Bonchev–Trinajstić information content (AvgIpc) is 3.05. The number of amides is 1. The minimum atomic E-state index is -1.07. The number of carboxylic acid groups (broad SMARTS) is 1. The quantitative estimate of drug-likeness (QED) is 0.621. The molecule has 0 aliphatic carbocycles. The molecule has 0 aliphatic rings. The molecule has 10 heteroatoms. The van der Waals surface area contributed by atoms with Crippen molar-refractivity contribution in [2.45, 2.75) is 22.1 Å². The molecule has 0 fully saturated rings. The molecule has 1 amide bonds. The van der Waals surface area contributed by atoms with Crippen LogP contribution < -0.4 is 10.1 Å². The van der Waals surface area contributed by atoms with Gasteiger partial charge in [-0.25, -0.2) is 4.79 Å². The zero-order valence-electron chi connectivity index (χ0n) is 13.6. The summed E-state index contributed by atoms with van der Waals surface area (Å²) >= 11 is 4.41. The van der Waals surface area contributed by atoms with Crippen LogP contribution >= 0.6 is 34.9 Å². The number of thioether (sulfide) groups is 2. The van der Waals surface area contributed by atoms with Crippen molar-refractivity contribution in [3.63, 3.8) is 0 Å². The van der Waals surface area contributed by atoms with Gasteiger partial charge < -0.3 is 15.2 Å². The summed E-state index contributed by atoms with van der Waals surface area (Å²) in [6.07, 6.45) is 0. The Hall–Kier alpha value is -1.78. The largest absolute Gasteiger partial charge is 0.496 e. The number of methoxy groups -OCH3 is 1. The number of hydrogen-bond acceptors (Lipinski definition) is 8. The monoisotopic (exact) mass is 399 g/mol. The molecule has 1 aromatic heterocycles. The lowest BCUT2D eigenvalue weighted by atomic mass is 10.1. The van der Waals surface area contributed by atoms with E-state index in [-0.39, 0.29) is 29.5 Å². The molecule has 0 saturated heterocycles. The fourth-order valence-electron chi connectivity index (χ4n) is 1.85. The maximum absolute atomic E-state index is 11.9. The lowest BCUT2D eigenvalue weighted by Gasteiger charge is -2.08. The van der Waals surface area contributed by atoms with Crippen LogP contribution in [0, 0.1) is 0 Å². The molecule has 0 bridgehead atoms. The standard InChI is InChI=1S/C15H17N3O4S3/c1-3-23-14-17-18-15(25-14)24-8-12(19)16-7-9-4-5-11(22-2)10(6-9)13(20)21/h4-6H,3,7-8H2,1-2H3,(H,16,19)(H,20,21). The van der Waals surface area contributed by atoms with Crippen LogP contribution in [0.15, 0.2) is 26.9 Å². The third-order valence-electron chi connectivity index (χ3n) is 2.97. The van der Waals surface area contributed by atoms with E-state index in [1.807, 2.05) is 6.92 Å². The molecule has 0 atom stereocenters. The molecule has 0 radical (unpaired) electrons. The highest BCUT2D eigenvalue weighted by molar-refractivity contribution is 8.03. The first-order chi connectivity index (χ1) is 12.0. The van der Waals surface area contributed by atoms with Gasteiger partial charge in [-0.05, 0) is 23.4 Å². The van der Waals surface area contributed by atoms with E-state index >= 15 is 0 Å². The van der Waals surface area contributed by atoms with Gasteiger partial charge in [0.25, 0.3) is 0 Å². The Balaban J connectivity index is 1.85. The van der Waals surface area contributed by atoms with E-state index in [1.165, 1.54) is 36.3 Å². The average molecular weight is 400 g/mol. The Morgan fingerprint density at radius 2 is 2.00 bits per heavy atom. The number of carbonyl (C=O) groups excluding carboxylic acids is 1. The van der Waals surface area contributed by atoms with Crippen LogP contribution in [0.1, 0.15) is 22.8 Å². The Kier molecular flexibility index (Phi) is 7.53. The molecule has 0 saturated carbocycles. The van der Waals surface area contributed by atoms with Crippen molar-refractivity contribution in [1.82, 2.24) is 15.5 Å². The SMILES string of the molecule is CCSc1nnc(SCC(=O)NCc2ccc(OC)c(C(=O)O)c2)s1. The molecular weight excluding hydrogens is 382 g/mol. The molecule has 2 rings (SSSR count). The Morgan fingerprint density at radius 3 is 2.64 bits per heavy atom. The lowest BCUT2D eigenvalue weighted by molar-refractivity contribution is -0.118. The summed E-state index contributed by atoms with van der Waals surface area (Å²) in [6, 6.07) is 4.79. The van der Waals surface area contributed by atoms with Crippen LogP contribution in [-0.4, -0.2) is 45.8 Å². The van der Waals surface area contributed by atoms with Gasteiger partial charge in [-0.3, -0.25) is 4.79 Å². The second kappa shape index (κ2) is 9.64. The maximum Gasteiger partial charge on any atom is 0.339 e. The van der Waals surface area contributed by atoms with Gasteiger partial charge in [0.05, 0.1) is 12.9 Å². The summed E-state index contributed by atoms with van der Waals surface area (Å²) in [7, 11) is 1.42. The molecule has 7 nitrogen and oxygen atoms in total. The zero-order valence-corrected chi connectivity index (χ0v) is 16.1. The molecule has 0 aliphatic heterocycles. The third-order valence-corrected chi connectivity index (χ3v) is 6.04. The van der Waals surface area contributed by atoms with Gasteiger partial charge in [-0.2, -0.15) is 0 Å². The minimum absolute atomic E-state index is 0.0680. The fourth-order valence-corrected chi connectivity index (χ4v) is 4.60. The third kappa shape index (κ3) is 5.91. The van der Waals surface area contributed by atoms with Crippen LogP contribution in [0.4, 0.5) is 0 Å². The predicted octanol–water partition coefficient (Wildman–Crippen LogP) is 2.77. The fraction of sp³-hybridized carbons (Fsp3) is 0.333. The van der Waals surface area contributed by atoms with Gasteiger partial charge in [0.15, 0.2) is 8.68 Å². The molecule has 2 N–H and O–H groups in total. The highest BCUT2D eigenvalue weighted by Crippen LogP contribution is 2.28. The van der Waals surface area contributed by atoms with E-state index in [0.29, 0.717) is 5.56 Å². The van der Waals surface area contributed by atoms with Gasteiger partial charge in [0.2, 0.25) is 5.91 Å². The number of benzene rings is 1. The first kappa shape index (κ1) is 19.5. The Bertz CT molecular complexity index is 751. The van der Waals surface area contributed by atoms with Crippen LogP contribution in [-0.2, 0) is 11.3 Å². The number of carbonyl (C=O) groups is 2. The minimum Gasteiger partial charge on any atom is -0.496 e. The van der Waals surface area contributed by atoms with Crippen LogP contribution in [0.2, 0.25) is 0 Å².